The van der Waals surface area contributed by atoms with Crippen LogP contribution in [0.4, 0.5) is 0 Å². The van der Waals surface area contributed by atoms with Crippen molar-refractivity contribution < 1.29 is 17.9 Å². The van der Waals surface area contributed by atoms with Crippen LogP contribution >= 0.6 is 23.2 Å². The van der Waals surface area contributed by atoms with Crippen LogP contribution in [0.1, 0.15) is 25.7 Å². The Morgan fingerprint density at radius 2 is 1.93 bits per heavy atom. The fraction of sp³-hybridized carbons (Fsp3) is 0.550. The van der Waals surface area contributed by atoms with Gasteiger partial charge in [0, 0.05) is 48.8 Å². The lowest BCUT2D eigenvalue weighted by molar-refractivity contribution is -0.135. The highest BCUT2D eigenvalue weighted by atomic mass is 35.5. The first-order chi connectivity index (χ1) is 13.8. The third-order valence-electron chi connectivity index (χ3n) is 5.62. The summed E-state index contributed by atoms with van der Waals surface area (Å²) in [7, 11) is -2.35. The summed E-state index contributed by atoms with van der Waals surface area (Å²) in [5.74, 6) is -0.317. The van der Waals surface area contributed by atoms with Gasteiger partial charge in [0.05, 0.1) is 4.90 Å². The molecule has 2 saturated heterocycles. The van der Waals surface area contributed by atoms with E-state index in [1.54, 1.807) is 18.1 Å². The average molecular weight is 461 g/mol. The molecule has 2 bridgehead atoms. The normalized spacial score (nSPS) is 25.7. The number of carbonyl (C=O) groups excluding carboxylic acids is 1. The van der Waals surface area contributed by atoms with Crippen molar-refractivity contribution in [2.45, 2.75) is 42.7 Å². The molecule has 0 spiro atoms. The van der Waals surface area contributed by atoms with Crippen molar-refractivity contribution in [2.75, 3.05) is 26.8 Å². The highest BCUT2D eigenvalue weighted by Gasteiger charge is 2.49. The average Bonchev–Trinajstić information content (AvgIpc) is 2.74. The van der Waals surface area contributed by atoms with Gasteiger partial charge in [-0.25, -0.2) is 8.42 Å². The van der Waals surface area contributed by atoms with Crippen LogP contribution in [0.5, 0.6) is 0 Å². The first-order valence-electron chi connectivity index (χ1n) is 9.69. The van der Waals surface area contributed by atoms with Crippen LogP contribution in [0.25, 0.3) is 0 Å². The lowest BCUT2D eigenvalue weighted by atomic mass is 9.90. The van der Waals surface area contributed by atoms with Gasteiger partial charge in [0.1, 0.15) is 6.04 Å². The van der Waals surface area contributed by atoms with Crippen LogP contribution in [-0.4, -0.2) is 62.4 Å². The molecule has 0 saturated carbocycles. The highest BCUT2D eigenvalue weighted by Crippen LogP contribution is 2.38. The minimum atomic E-state index is -3.97. The number of methoxy groups -OCH3 is 1. The Morgan fingerprint density at radius 3 is 2.55 bits per heavy atom. The Hall–Kier alpha value is -1.12. The molecule has 1 aromatic carbocycles. The Balaban J connectivity index is 2.03. The van der Waals surface area contributed by atoms with E-state index in [4.69, 9.17) is 27.9 Å². The molecule has 0 aromatic heterocycles. The van der Waals surface area contributed by atoms with Gasteiger partial charge < -0.3 is 9.64 Å². The number of amides is 1. The van der Waals surface area contributed by atoms with Crippen LogP contribution in [0.2, 0.25) is 10.0 Å². The topological polar surface area (TPSA) is 66.9 Å². The number of halogens is 2. The van der Waals surface area contributed by atoms with Crippen LogP contribution in [0, 0.1) is 5.92 Å². The van der Waals surface area contributed by atoms with Crippen LogP contribution in [0.3, 0.4) is 0 Å². The van der Waals surface area contributed by atoms with Gasteiger partial charge in [0.25, 0.3) is 0 Å². The summed E-state index contributed by atoms with van der Waals surface area (Å²) in [5, 5.41) is 0.479. The number of rotatable bonds is 7. The molecule has 6 nitrogen and oxygen atoms in total. The van der Waals surface area contributed by atoms with Gasteiger partial charge in [-0.1, -0.05) is 29.3 Å². The summed E-state index contributed by atoms with van der Waals surface area (Å²) in [4.78, 5) is 15.1. The van der Waals surface area contributed by atoms with Crippen molar-refractivity contribution in [1.29, 1.82) is 0 Å². The van der Waals surface area contributed by atoms with Crippen LogP contribution in [0.15, 0.2) is 35.7 Å². The van der Waals surface area contributed by atoms with E-state index >= 15 is 0 Å². The highest BCUT2D eigenvalue weighted by molar-refractivity contribution is 7.89. The fourth-order valence-electron chi connectivity index (χ4n) is 4.30. The van der Waals surface area contributed by atoms with Gasteiger partial charge in [-0.3, -0.25) is 4.79 Å². The number of benzene rings is 1. The number of hydrogen-bond donors (Lipinski definition) is 0. The molecule has 1 amide bonds. The van der Waals surface area contributed by atoms with Gasteiger partial charge in [-0.2, -0.15) is 4.31 Å². The molecule has 1 aromatic rings. The number of fused-ring (bicyclic) bond motifs is 2. The maximum absolute atomic E-state index is 13.6. The molecule has 3 rings (SSSR count). The summed E-state index contributed by atoms with van der Waals surface area (Å²) in [6.45, 7) is 5.44. The zero-order valence-electron chi connectivity index (χ0n) is 16.4. The number of ether oxygens (including phenoxy) is 1. The largest absolute Gasteiger partial charge is 0.385 e. The number of carbonyl (C=O) groups is 1. The molecule has 0 aliphatic carbocycles. The molecule has 0 radical (unpaired) electrons. The Bertz CT molecular complexity index is 857. The molecule has 2 aliphatic heterocycles. The Labute approximate surface area is 182 Å². The van der Waals surface area contributed by atoms with E-state index in [1.807, 2.05) is 0 Å². The molecule has 3 atom stereocenters. The second kappa shape index (κ2) is 9.35. The maximum Gasteiger partial charge on any atom is 0.244 e. The summed E-state index contributed by atoms with van der Waals surface area (Å²) < 4.78 is 33.7. The number of sulfonamides is 1. The molecule has 29 heavy (non-hydrogen) atoms. The fourth-order valence-corrected chi connectivity index (χ4v) is 6.90. The molecule has 2 heterocycles. The predicted octanol–water partition coefficient (Wildman–Crippen LogP) is 3.59. The minimum absolute atomic E-state index is 0.00958. The predicted molar refractivity (Wildman–Crippen MR) is 114 cm³/mol. The van der Waals surface area contributed by atoms with Crippen LogP contribution in [-0.2, 0) is 19.6 Å². The van der Waals surface area contributed by atoms with Crippen molar-refractivity contribution in [3.63, 3.8) is 0 Å². The number of nitrogens with zero attached hydrogens (tertiary/aromatic N) is 2. The van der Waals surface area contributed by atoms with E-state index in [0.29, 0.717) is 39.0 Å². The molecule has 160 valence electrons. The Kier molecular flexibility index (Phi) is 7.27. The van der Waals surface area contributed by atoms with Crippen molar-refractivity contribution >= 4 is 39.1 Å². The van der Waals surface area contributed by atoms with Crippen molar-refractivity contribution in [3.8, 4) is 0 Å². The zero-order valence-corrected chi connectivity index (χ0v) is 18.7. The zero-order chi connectivity index (χ0) is 21.2. The maximum atomic E-state index is 13.6. The van der Waals surface area contributed by atoms with E-state index in [2.05, 4.69) is 6.58 Å². The van der Waals surface area contributed by atoms with E-state index in [-0.39, 0.29) is 32.8 Å². The van der Waals surface area contributed by atoms with E-state index in [9.17, 15) is 13.2 Å². The SMILES string of the molecule is C=C[C@H]1CN(CCCOC)C(=O)C2CCCC1N2S(=O)(=O)c1cc(Cl)cc(Cl)c1. The van der Waals surface area contributed by atoms with Crippen molar-refractivity contribution in [1.82, 2.24) is 9.21 Å². The van der Waals surface area contributed by atoms with E-state index in [0.717, 1.165) is 6.42 Å². The monoisotopic (exact) mass is 460 g/mol. The smallest absolute Gasteiger partial charge is 0.244 e. The lowest BCUT2D eigenvalue weighted by Gasteiger charge is -2.40. The molecular formula is C20H26Cl2N2O4S. The summed E-state index contributed by atoms with van der Waals surface area (Å²) in [6.07, 6.45) is 4.43. The first-order valence-corrected chi connectivity index (χ1v) is 11.9. The van der Waals surface area contributed by atoms with Gasteiger partial charge in [-0.05, 0) is 43.9 Å². The number of hydrogen-bond acceptors (Lipinski definition) is 4. The standard InChI is InChI=1S/C20H26Cl2N2O4S/c1-3-14-13-23(8-5-9-28-2)20(25)19-7-4-6-18(14)24(19)29(26,27)17-11-15(21)10-16(22)12-17/h3,10-12,14,18-19H,1,4-9,13H2,2H3/t14-,18?,19?/m0/s1. The molecule has 9 heteroatoms. The van der Waals surface area contributed by atoms with Gasteiger partial charge in [0.2, 0.25) is 15.9 Å². The summed E-state index contributed by atoms with van der Waals surface area (Å²) >= 11 is 12.1. The molecular weight excluding hydrogens is 435 g/mol. The molecule has 2 fully saturated rings. The first kappa shape index (κ1) is 22.6. The van der Waals surface area contributed by atoms with Gasteiger partial charge >= 0.3 is 0 Å². The summed E-state index contributed by atoms with van der Waals surface area (Å²) in [5.41, 5.74) is 0. The third kappa shape index (κ3) is 4.64. The van der Waals surface area contributed by atoms with E-state index in [1.165, 1.54) is 22.5 Å². The molecule has 2 aliphatic rings. The van der Waals surface area contributed by atoms with E-state index < -0.39 is 16.1 Å². The van der Waals surface area contributed by atoms with Gasteiger partial charge in [-0.15, -0.1) is 6.58 Å². The molecule has 0 N–H and O–H groups in total. The lowest BCUT2D eigenvalue weighted by Crippen LogP contribution is -2.54. The molecule has 2 unspecified atom stereocenters. The third-order valence-corrected chi connectivity index (χ3v) is 7.97. The Morgan fingerprint density at radius 1 is 1.24 bits per heavy atom. The second-order valence-electron chi connectivity index (χ2n) is 7.48. The van der Waals surface area contributed by atoms with Crippen molar-refractivity contribution in [2.24, 2.45) is 5.92 Å². The number of piperidine rings is 1. The van der Waals surface area contributed by atoms with Crippen LogP contribution < -0.4 is 0 Å². The van der Waals surface area contributed by atoms with Gasteiger partial charge in [0.15, 0.2) is 0 Å². The quantitative estimate of drug-likeness (QED) is 0.460. The summed E-state index contributed by atoms with van der Waals surface area (Å²) in [6, 6.07) is 3.19. The second-order valence-corrected chi connectivity index (χ2v) is 10.2. The van der Waals surface area contributed by atoms with Crippen molar-refractivity contribution in [3.05, 3.63) is 40.9 Å². The minimum Gasteiger partial charge on any atom is -0.385 e.